The van der Waals surface area contributed by atoms with Gasteiger partial charge in [0.25, 0.3) is 0 Å². The van der Waals surface area contributed by atoms with Gasteiger partial charge in [0.05, 0.1) is 6.61 Å². The minimum absolute atomic E-state index is 0.434. The highest BCUT2D eigenvalue weighted by atomic mass is 16.5. The number of nitrogens with zero attached hydrogens (tertiary/aromatic N) is 1. The Balaban J connectivity index is 1.99. The summed E-state index contributed by atoms with van der Waals surface area (Å²) < 4.78 is 5.34. The van der Waals surface area contributed by atoms with Gasteiger partial charge >= 0.3 is 0 Å². The van der Waals surface area contributed by atoms with Gasteiger partial charge in [-0.15, -0.1) is 0 Å². The van der Waals surface area contributed by atoms with E-state index in [2.05, 4.69) is 25.7 Å². The topological polar surface area (TPSA) is 38.5 Å². The average molecular weight is 282 g/mol. The molecule has 4 unspecified atom stereocenters. The molecule has 3 nitrogen and oxygen atoms in total. The molecule has 0 aromatic carbocycles. The Morgan fingerprint density at radius 1 is 1.20 bits per heavy atom. The molecule has 1 saturated heterocycles. The molecule has 1 heterocycles. The summed E-state index contributed by atoms with van der Waals surface area (Å²) in [7, 11) is 1.82. The van der Waals surface area contributed by atoms with Crippen LogP contribution in [-0.2, 0) is 4.74 Å². The summed E-state index contributed by atoms with van der Waals surface area (Å²) in [6.45, 7) is 11.4. The highest BCUT2D eigenvalue weighted by molar-refractivity contribution is 4.93. The molecule has 0 amide bonds. The third-order valence-electron chi connectivity index (χ3n) is 5.67. The molecule has 20 heavy (non-hydrogen) atoms. The fourth-order valence-corrected chi connectivity index (χ4v) is 4.25. The van der Waals surface area contributed by atoms with Crippen molar-refractivity contribution in [3.8, 4) is 0 Å². The van der Waals surface area contributed by atoms with E-state index < -0.39 is 0 Å². The standard InChI is InChI=1S/C17H34N2O/c1-17(2,3)15-6-5-14(10-18)16(9-15)19-8-7-13(11-19)12-20-4/h13-16H,5-12,18H2,1-4H3. The minimum atomic E-state index is 0.434. The monoisotopic (exact) mass is 282 g/mol. The van der Waals surface area contributed by atoms with E-state index in [1.807, 2.05) is 7.11 Å². The van der Waals surface area contributed by atoms with Gasteiger partial charge in [-0.25, -0.2) is 0 Å². The molecule has 0 aromatic heterocycles. The van der Waals surface area contributed by atoms with Gasteiger partial charge in [-0.05, 0) is 61.9 Å². The summed E-state index contributed by atoms with van der Waals surface area (Å²) in [6, 6.07) is 0.708. The van der Waals surface area contributed by atoms with Crippen LogP contribution < -0.4 is 5.73 Å². The van der Waals surface area contributed by atoms with Crippen molar-refractivity contribution >= 4 is 0 Å². The Kier molecular flexibility index (Phi) is 5.49. The molecule has 0 spiro atoms. The molecule has 2 rings (SSSR count). The molecule has 0 radical (unpaired) electrons. The maximum atomic E-state index is 6.06. The molecule has 2 aliphatic rings. The van der Waals surface area contributed by atoms with Gasteiger partial charge in [0.2, 0.25) is 0 Å². The van der Waals surface area contributed by atoms with E-state index in [1.165, 1.54) is 38.8 Å². The van der Waals surface area contributed by atoms with Gasteiger partial charge in [-0.3, -0.25) is 4.90 Å². The van der Waals surface area contributed by atoms with Gasteiger partial charge in [-0.2, -0.15) is 0 Å². The second kappa shape index (κ2) is 6.76. The van der Waals surface area contributed by atoms with E-state index in [4.69, 9.17) is 10.5 Å². The van der Waals surface area contributed by atoms with Crippen LogP contribution in [0.3, 0.4) is 0 Å². The van der Waals surface area contributed by atoms with Crippen LogP contribution in [0.2, 0.25) is 0 Å². The molecule has 2 N–H and O–H groups in total. The molecule has 1 aliphatic heterocycles. The molecule has 1 aliphatic carbocycles. The normalized spacial score (nSPS) is 36.5. The Hall–Kier alpha value is -0.120. The first-order valence-electron chi connectivity index (χ1n) is 8.38. The Bertz CT molecular complexity index is 300. The molecular formula is C17H34N2O. The number of likely N-dealkylation sites (tertiary alicyclic amines) is 1. The maximum absolute atomic E-state index is 6.06. The molecule has 4 atom stereocenters. The maximum Gasteiger partial charge on any atom is 0.0503 e. The zero-order chi connectivity index (χ0) is 14.8. The van der Waals surface area contributed by atoms with E-state index in [0.717, 1.165) is 25.0 Å². The third kappa shape index (κ3) is 3.75. The van der Waals surface area contributed by atoms with E-state index in [-0.39, 0.29) is 0 Å². The lowest BCUT2D eigenvalue weighted by molar-refractivity contribution is 0.0530. The number of hydrogen-bond acceptors (Lipinski definition) is 3. The lowest BCUT2D eigenvalue weighted by atomic mass is 9.67. The second-order valence-electron chi connectivity index (χ2n) is 8.04. The van der Waals surface area contributed by atoms with Crippen molar-refractivity contribution in [2.45, 2.75) is 52.5 Å². The fourth-order valence-electron chi connectivity index (χ4n) is 4.25. The van der Waals surface area contributed by atoms with Gasteiger partial charge in [0.15, 0.2) is 0 Å². The molecule has 118 valence electrons. The number of rotatable bonds is 4. The minimum Gasteiger partial charge on any atom is -0.384 e. The smallest absolute Gasteiger partial charge is 0.0503 e. The van der Waals surface area contributed by atoms with Crippen LogP contribution in [-0.4, -0.2) is 44.3 Å². The summed E-state index contributed by atoms with van der Waals surface area (Å²) in [6.07, 6.45) is 5.30. The first-order chi connectivity index (χ1) is 9.45. The van der Waals surface area contributed by atoms with Crippen molar-refractivity contribution in [1.29, 1.82) is 0 Å². The van der Waals surface area contributed by atoms with Crippen LogP contribution in [0.5, 0.6) is 0 Å². The average Bonchev–Trinajstić information content (AvgIpc) is 2.86. The van der Waals surface area contributed by atoms with Crippen molar-refractivity contribution in [2.75, 3.05) is 33.4 Å². The highest BCUT2D eigenvalue weighted by Gasteiger charge is 2.39. The molecule has 0 bridgehead atoms. The zero-order valence-electron chi connectivity index (χ0n) is 13.9. The van der Waals surface area contributed by atoms with Crippen molar-refractivity contribution in [3.05, 3.63) is 0 Å². The Labute approximate surface area is 125 Å². The predicted molar refractivity (Wildman–Crippen MR) is 84.7 cm³/mol. The fraction of sp³-hybridized carbons (Fsp3) is 1.00. The van der Waals surface area contributed by atoms with Crippen LogP contribution in [0.15, 0.2) is 0 Å². The van der Waals surface area contributed by atoms with Gasteiger partial charge < -0.3 is 10.5 Å². The largest absolute Gasteiger partial charge is 0.384 e. The predicted octanol–water partition coefficient (Wildman–Crippen LogP) is 2.74. The third-order valence-corrected chi connectivity index (χ3v) is 5.67. The molecule has 0 aromatic rings. The van der Waals surface area contributed by atoms with E-state index in [1.54, 1.807) is 0 Å². The van der Waals surface area contributed by atoms with Crippen molar-refractivity contribution in [1.82, 2.24) is 4.90 Å². The summed E-state index contributed by atoms with van der Waals surface area (Å²) in [4.78, 5) is 2.72. The van der Waals surface area contributed by atoms with Gasteiger partial charge in [0.1, 0.15) is 0 Å². The van der Waals surface area contributed by atoms with Crippen molar-refractivity contribution in [2.24, 2.45) is 28.9 Å². The van der Waals surface area contributed by atoms with Gasteiger partial charge in [-0.1, -0.05) is 20.8 Å². The molecule has 1 saturated carbocycles. The van der Waals surface area contributed by atoms with Gasteiger partial charge in [0, 0.05) is 19.7 Å². The first kappa shape index (κ1) is 16.3. The first-order valence-corrected chi connectivity index (χ1v) is 8.38. The summed E-state index contributed by atoms with van der Waals surface area (Å²) in [5.41, 5.74) is 6.49. The SMILES string of the molecule is COCC1CCN(C2CC(C(C)(C)C)CCC2CN)C1. The number of nitrogens with two attached hydrogens (primary N) is 1. The van der Waals surface area contributed by atoms with Crippen molar-refractivity contribution in [3.63, 3.8) is 0 Å². The van der Waals surface area contributed by atoms with Crippen LogP contribution in [0.25, 0.3) is 0 Å². The summed E-state index contributed by atoms with van der Waals surface area (Å²) >= 11 is 0. The summed E-state index contributed by atoms with van der Waals surface area (Å²) in [5, 5.41) is 0. The van der Waals surface area contributed by atoms with Crippen LogP contribution in [0, 0.1) is 23.2 Å². The molecule has 2 fully saturated rings. The van der Waals surface area contributed by atoms with E-state index >= 15 is 0 Å². The van der Waals surface area contributed by atoms with Crippen LogP contribution in [0.4, 0.5) is 0 Å². The lowest BCUT2D eigenvalue weighted by Crippen LogP contribution is -2.47. The number of methoxy groups -OCH3 is 1. The molecule has 3 heteroatoms. The van der Waals surface area contributed by atoms with Crippen LogP contribution in [0.1, 0.15) is 46.5 Å². The number of hydrogen-bond donors (Lipinski definition) is 1. The van der Waals surface area contributed by atoms with E-state index in [0.29, 0.717) is 17.4 Å². The quantitative estimate of drug-likeness (QED) is 0.861. The Morgan fingerprint density at radius 3 is 2.55 bits per heavy atom. The lowest BCUT2D eigenvalue weighted by Gasteiger charge is -2.45. The number of ether oxygens (including phenoxy) is 1. The van der Waals surface area contributed by atoms with Crippen LogP contribution >= 0.6 is 0 Å². The highest BCUT2D eigenvalue weighted by Crippen LogP contribution is 2.42. The molecular weight excluding hydrogens is 248 g/mol. The zero-order valence-corrected chi connectivity index (χ0v) is 13.9. The summed E-state index contributed by atoms with van der Waals surface area (Å²) in [5.74, 6) is 2.28. The Morgan fingerprint density at radius 2 is 1.95 bits per heavy atom. The van der Waals surface area contributed by atoms with E-state index in [9.17, 15) is 0 Å². The second-order valence-corrected chi connectivity index (χ2v) is 8.04. The van der Waals surface area contributed by atoms with Crippen molar-refractivity contribution < 1.29 is 4.74 Å².